The van der Waals surface area contributed by atoms with Gasteiger partial charge in [-0.25, -0.2) is 8.42 Å². The molecule has 6 heteroatoms. The molecule has 0 heterocycles. The molecule has 0 aliphatic heterocycles. The lowest BCUT2D eigenvalue weighted by atomic mass is 10.2. The SMILES string of the molecule is CCCS(=O)(=O)Nc1ccccc1C(=O)Cl. The first-order valence-electron chi connectivity index (χ1n) is 4.75. The van der Waals surface area contributed by atoms with Crippen molar-refractivity contribution in [3.8, 4) is 0 Å². The molecule has 1 aromatic carbocycles. The average molecular weight is 262 g/mol. The van der Waals surface area contributed by atoms with Gasteiger partial charge in [-0.1, -0.05) is 19.1 Å². The topological polar surface area (TPSA) is 63.2 Å². The summed E-state index contributed by atoms with van der Waals surface area (Å²) in [5.74, 6) is 0.0117. The number of para-hydroxylation sites is 1. The molecule has 0 unspecified atom stereocenters. The van der Waals surface area contributed by atoms with Crippen molar-refractivity contribution in [2.45, 2.75) is 13.3 Å². The van der Waals surface area contributed by atoms with Crippen LogP contribution in [0.1, 0.15) is 23.7 Å². The van der Waals surface area contributed by atoms with E-state index >= 15 is 0 Å². The molecule has 1 rings (SSSR count). The number of nitrogens with one attached hydrogen (secondary N) is 1. The number of halogens is 1. The number of rotatable bonds is 5. The van der Waals surface area contributed by atoms with Crippen LogP contribution in [-0.2, 0) is 10.0 Å². The molecule has 4 nitrogen and oxygen atoms in total. The fourth-order valence-corrected chi connectivity index (χ4v) is 2.55. The Morgan fingerprint density at radius 2 is 2.00 bits per heavy atom. The van der Waals surface area contributed by atoms with Crippen LogP contribution in [0.5, 0.6) is 0 Å². The third kappa shape index (κ3) is 3.50. The van der Waals surface area contributed by atoms with Gasteiger partial charge >= 0.3 is 0 Å². The van der Waals surface area contributed by atoms with E-state index in [4.69, 9.17) is 11.6 Å². The summed E-state index contributed by atoms with van der Waals surface area (Å²) in [5.41, 5.74) is 0.375. The maximum absolute atomic E-state index is 11.5. The molecule has 0 aliphatic carbocycles. The van der Waals surface area contributed by atoms with E-state index < -0.39 is 15.3 Å². The van der Waals surface area contributed by atoms with E-state index in [0.29, 0.717) is 6.42 Å². The third-order valence-electron chi connectivity index (χ3n) is 1.88. The predicted octanol–water partition coefficient (Wildman–Crippen LogP) is 2.22. The smallest absolute Gasteiger partial charge is 0.254 e. The number of hydrogen-bond acceptors (Lipinski definition) is 3. The molecule has 16 heavy (non-hydrogen) atoms. The standard InChI is InChI=1S/C10H12ClNO3S/c1-2-7-16(14,15)12-9-6-4-3-5-8(9)10(11)13/h3-6,12H,2,7H2,1H3. The highest BCUT2D eigenvalue weighted by molar-refractivity contribution is 7.92. The van der Waals surface area contributed by atoms with Crippen LogP contribution in [0.2, 0.25) is 0 Å². The van der Waals surface area contributed by atoms with E-state index in [0.717, 1.165) is 0 Å². The fourth-order valence-electron chi connectivity index (χ4n) is 1.23. The molecule has 0 saturated carbocycles. The summed E-state index contributed by atoms with van der Waals surface area (Å²) >= 11 is 5.34. The second-order valence-corrected chi connectivity index (χ2v) is 5.43. The lowest BCUT2D eigenvalue weighted by molar-refractivity contribution is 0.108. The molecule has 0 radical (unpaired) electrons. The average Bonchev–Trinajstić information content (AvgIpc) is 2.17. The van der Waals surface area contributed by atoms with Crippen molar-refractivity contribution < 1.29 is 13.2 Å². The maximum Gasteiger partial charge on any atom is 0.254 e. The van der Waals surface area contributed by atoms with Crippen LogP contribution in [0, 0.1) is 0 Å². The second kappa shape index (κ2) is 5.32. The minimum absolute atomic E-state index is 0.0117. The van der Waals surface area contributed by atoms with Crippen molar-refractivity contribution in [1.29, 1.82) is 0 Å². The third-order valence-corrected chi connectivity index (χ3v) is 3.56. The van der Waals surface area contributed by atoms with Gasteiger partial charge < -0.3 is 0 Å². The van der Waals surface area contributed by atoms with Gasteiger partial charge in [-0.2, -0.15) is 0 Å². The molecule has 0 fully saturated rings. The highest BCUT2D eigenvalue weighted by atomic mass is 35.5. The van der Waals surface area contributed by atoms with Crippen LogP contribution in [0.3, 0.4) is 0 Å². The van der Waals surface area contributed by atoms with Crippen molar-refractivity contribution in [2.75, 3.05) is 10.5 Å². The van der Waals surface area contributed by atoms with Gasteiger partial charge in [0.25, 0.3) is 5.24 Å². The first-order valence-corrected chi connectivity index (χ1v) is 6.78. The molecule has 0 aromatic heterocycles. The Labute approximate surface area is 99.7 Å². The van der Waals surface area contributed by atoms with Crippen molar-refractivity contribution in [1.82, 2.24) is 0 Å². The van der Waals surface area contributed by atoms with Gasteiger partial charge in [0.05, 0.1) is 17.0 Å². The second-order valence-electron chi connectivity index (χ2n) is 3.24. The highest BCUT2D eigenvalue weighted by Gasteiger charge is 2.14. The Bertz CT molecular complexity index is 485. The largest absolute Gasteiger partial charge is 0.283 e. The number of hydrogen-bond donors (Lipinski definition) is 1. The number of carbonyl (C=O) groups is 1. The van der Waals surface area contributed by atoms with Crippen LogP contribution in [-0.4, -0.2) is 19.4 Å². The number of carbonyl (C=O) groups excluding carboxylic acids is 1. The molecule has 0 spiro atoms. The van der Waals surface area contributed by atoms with E-state index in [2.05, 4.69) is 4.72 Å². The molecule has 0 atom stereocenters. The normalized spacial score (nSPS) is 11.1. The lowest BCUT2D eigenvalue weighted by Gasteiger charge is -2.09. The summed E-state index contributed by atoms with van der Waals surface area (Å²) in [6, 6.07) is 6.22. The van der Waals surface area contributed by atoms with Crippen molar-refractivity contribution >= 4 is 32.6 Å². The number of benzene rings is 1. The first-order chi connectivity index (χ1) is 7.46. The summed E-state index contributed by atoms with van der Waals surface area (Å²) < 4.78 is 25.4. The summed E-state index contributed by atoms with van der Waals surface area (Å²) in [4.78, 5) is 11.0. The Kier molecular flexibility index (Phi) is 4.32. The lowest BCUT2D eigenvalue weighted by Crippen LogP contribution is -2.17. The summed E-state index contributed by atoms with van der Waals surface area (Å²) in [5, 5.41) is -0.685. The summed E-state index contributed by atoms with van der Waals surface area (Å²) in [7, 11) is -3.40. The zero-order valence-corrected chi connectivity index (χ0v) is 10.3. The Balaban J connectivity index is 3.02. The maximum atomic E-state index is 11.5. The van der Waals surface area contributed by atoms with Crippen molar-refractivity contribution in [3.05, 3.63) is 29.8 Å². The van der Waals surface area contributed by atoms with Gasteiger partial charge in [-0.15, -0.1) is 0 Å². The molecular formula is C10H12ClNO3S. The monoisotopic (exact) mass is 261 g/mol. The van der Waals surface area contributed by atoms with E-state index in [9.17, 15) is 13.2 Å². The Morgan fingerprint density at radius 1 is 1.38 bits per heavy atom. The molecule has 88 valence electrons. The van der Waals surface area contributed by atoms with Crippen LogP contribution in [0.15, 0.2) is 24.3 Å². The number of sulfonamides is 1. The summed E-state index contributed by atoms with van der Waals surface area (Å²) in [6.45, 7) is 1.76. The van der Waals surface area contributed by atoms with E-state index in [-0.39, 0.29) is 17.0 Å². The molecule has 0 aliphatic rings. The molecule has 0 amide bonds. The predicted molar refractivity (Wildman–Crippen MR) is 64.3 cm³/mol. The van der Waals surface area contributed by atoms with Crippen LogP contribution in [0.25, 0.3) is 0 Å². The summed E-state index contributed by atoms with van der Waals surface area (Å²) in [6.07, 6.45) is 0.506. The van der Waals surface area contributed by atoms with Crippen LogP contribution in [0.4, 0.5) is 5.69 Å². The fraction of sp³-hybridized carbons (Fsp3) is 0.300. The molecular weight excluding hydrogens is 250 g/mol. The molecule has 1 aromatic rings. The Morgan fingerprint density at radius 3 is 2.56 bits per heavy atom. The van der Waals surface area contributed by atoms with Gasteiger partial charge in [0.15, 0.2) is 0 Å². The van der Waals surface area contributed by atoms with Crippen molar-refractivity contribution in [2.24, 2.45) is 0 Å². The van der Waals surface area contributed by atoms with E-state index in [1.807, 2.05) is 0 Å². The highest BCUT2D eigenvalue weighted by Crippen LogP contribution is 2.18. The minimum Gasteiger partial charge on any atom is -0.283 e. The van der Waals surface area contributed by atoms with Gasteiger partial charge in [0, 0.05) is 0 Å². The Hall–Kier alpha value is -1.07. The first kappa shape index (κ1) is 13.0. The van der Waals surface area contributed by atoms with Crippen LogP contribution < -0.4 is 4.72 Å². The zero-order valence-electron chi connectivity index (χ0n) is 8.73. The molecule has 1 N–H and O–H groups in total. The van der Waals surface area contributed by atoms with Crippen molar-refractivity contribution in [3.63, 3.8) is 0 Å². The zero-order chi connectivity index (χ0) is 12.2. The molecule has 0 bridgehead atoms. The van der Waals surface area contributed by atoms with Gasteiger partial charge in [0.1, 0.15) is 0 Å². The number of anilines is 1. The molecule has 0 saturated heterocycles. The quantitative estimate of drug-likeness (QED) is 0.827. The van der Waals surface area contributed by atoms with E-state index in [1.165, 1.54) is 12.1 Å². The van der Waals surface area contributed by atoms with Gasteiger partial charge in [0.2, 0.25) is 10.0 Å². The van der Waals surface area contributed by atoms with Gasteiger partial charge in [-0.3, -0.25) is 9.52 Å². The van der Waals surface area contributed by atoms with Crippen LogP contribution >= 0.6 is 11.6 Å². The van der Waals surface area contributed by atoms with E-state index in [1.54, 1.807) is 19.1 Å². The minimum atomic E-state index is -3.40. The van der Waals surface area contributed by atoms with Gasteiger partial charge in [-0.05, 0) is 30.2 Å².